The van der Waals surface area contributed by atoms with Crippen LogP contribution in [0.1, 0.15) is 47.2 Å². The Morgan fingerprint density at radius 1 is 1.26 bits per heavy atom. The number of hydrogen-bond acceptors (Lipinski definition) is 5. The lowest BCUT2D eigenvalue weighted by molar-refractivity contribution is 0.132. The molecule has 1 saturated carbocycles. The average Bonchev–Trinajstić information content (AvgIpc) is 3.42. The minimum absolute atomic E-state index is 0.293. The van der Waals surface area contributed by atoms with Gasteiger partial charge in [-0.15, -0.1) is 5.10 Å². The van der Waals surface area contributed by atoms with Gasteiger partial charge in [-0.3, -0.25) is 0 Å². The van der Waals surface area contributed by atoms with Gasteiger partial charge in [0.2, 0.25) is 0 Å². The zero-order valence-corrected chi connectivity index (χ0v) is 15.5. The van der Waals surface area contributed by atoms with Crippen LogP contribution in [0, 0.1) is 24.7 Å². The van der Waals surface area contributed by atoms with Crippen molar-refractivity contribution in [3.63, 3.8) is 0 Å². The maximum atomic E-state index is 5.76. The largest absolute Gasteiger partial charge is 0.370 e. The number of rotatable bonds is 5. The van der Waals surface area contributed by atoms with Crippen molar-refractivity contribution in [2.24, 2.45) is 5.92 Å². The van der Waals surface area contributed by atoms with E-state index in [1.54, 1.807) is 30.3 Å². The Hall–Kier alpha value is -3.04. The van der Waals surface area contributed by atoms with Gasteiger partial charge in [-0.05, 0) is 49.1 Å². The first-order chi connectivity index (χ1) is 13.2. The Bertz CT molecular complexity index is 983. The lowest BCUT2D eigenvalue weighted by Crippen LogP contribution is -2.07. The molecule has 0 bridgehead atoms. The van der Waals surface area contributed by atoms with Crippen LogP contribution in [0.5, 0.6) is 0 Å². The summed E-state index contributed by atoms with van der Waals surface area (Å²) in [5, 5.41) is 8.52. The van der Waals surface area contributed by atoms with E-state index in [1.807, 2.05) is 6.20 Å². The Kier molecular flexibility index (Phi) is 4.95. The molecular weight excluding hydrogens is 338 g/mol. The molecule has 6 nitrogen and oxygen atoms in total. The highest BCUT2D eigenvalue weighted by molar-refractivity contribution is 5.43. The fourth-order valence-corrected chi connectivity index (χ4v) is 2.89. The molecule has 1 atom stereocenters. The first-order valence-electron chi connectivity index (χ1n) is 9.04. The summed E-state index contributed by atoms with van der Waals surface area (Å²) in [6.07, 6.45) is 7.47. The van der Waals surface area contributed by atoms with Crippen LogP contribution in [0.3, 0.4) is 0 Å². The lowest BCUT2D eigenvalue weighted by Gasteiger charge is -2.16. The van der Waals surface area contributed by atoms with E-state index < -0.39 is 0 Å². The molecule has 1 aliphatic carbocycles. The molecule has 6 heteroatoms. The molecule has 0 radical (unpaired) electrons. The van der Waals surface area contributed by atoms with Crippen LogP contribution in [0.25, 0.3) is 0 Å². The van der Waals surface area contributed by atoms with Crippen molar-refractivity contribution < 1.29 is 4.74 Å². The fraction of sp³-hybridized carbons (Fsp3) is 0.333. The molecule has 4 rings (SSSR count). The third-order valence-electron chi connectivity index (χ3n) is 4.54. The van der Waals surface area contributed by atoms with Crippen LogP contribution >= 0.6 is 0 Å². The average molecular weight is 359 g/mol. The fourth-order valence-electron chi connectivity index (χ4n) is 2.89. The summed E-state index contributed by atoms with van der Waals surface area (Å²) in [5.41, 5.74) is 3.96. The Balaban J connectivity index is 1.58. The van der Waals surface area contributed by atoms with Crippen LogP contribution in [0.2, 0.25) is 0 Å². The number of benzene rings is 1. The number of methoxy groups -OCH3 is 1. The molecule has 0 amide bonds. The van der Waals surface area contributed by atoms with Gasteiger partial charge in [0.15, 0.2) is 0 Å². The van der Waals surface area contributed by atoms with E-state index in [1.165, 1.54) is 12.8 Å². The lowest BCUT2D eigenvalue weighted by atomic mass is 9.98. The van der Waals surface area contributed by atoms with E-state index >= 15 is 0 Å². The summed E-state index contributed by atoms with van der Waals surface area (Å²) in [5.74, 6) is 7.86. The van der Waals surface area contributed by atoms with E-state index in [2.05, 4.69) is 57.2 Å². The second-order valence-corrected chi connectivity index (χ2v) is 6.74. The van der Waals surface area contributed by atoms with Crippen molar-refractivity contribution in [1.29, 1.82) is 0 Å². The minimum atomic E-state index is -0.293. The first kappa shape index (κ1) is 17.4. The second-order valence-electron chi connectivity index (χ2n) is 6.74. The van der Waals surface area contributed by atoms with Crippen molar-refractivity contribution in [3.8, 4) is 11.8 Å². The number of ether oxygens (including phenoxy) is 1. The molecule has 1 unspecified atom stereocenters. The standard InChI is InChI=1S/C21H21N5O/c1-15-4-5-17(9-8-16-6-7-16)12-18(15)21(27-2)19-13-26(25-24-19)14-20-22-10-3-11-23-20/h3-5,10-13,16,21H,6-7,14H2,1-2H3. The minimum Gasteiger partial charge on any atom is -0.370 e. The number of aryl methyl sites for hydroxylation is 1. The molecule has 27 heavy (non-hydrogen) atoms. The van der Waals surface area contributed by atoms with Gasteiger partial charge >= 0.3 is 0 Å². The van der Waals surface area contributed by atoms with Crippen LogP contribution in [-0.2, 0) is 11.3 Å². The molecule has 0 saturated heterocycles. The molecule has 1 aromatic carbocycles. The van der Waals surface area contributed by atoms with Crippen LogP contribution < -0.4 is 0 Å². The number of hydrogen-bond donors (Lipinski definition) is 0. The zero-order chi connectivity index (χ0) is 18.6. The molecule has 3 aromatic rings. The predicted octanol–water partition coefficient (Wildman–Crippen LogP) is 2.92. The number of nitrogens with zero attached hydrogens (tertiary/aromatic N) is 5. The maximum absolute atomic E-state index is 5.76. The highest BCUT2D eigenvalue weighted by Crippen LogP contribution is 2.29. The van der Waals surface area contributed by atoms with Gasteiger partial charge in [-0.2, -0.15) is 0 Å². The third kappa shape index (κ3) is 4.21. The van der Waals surface area contributed by atoms with Gasteiger partial charge in [0.25, 0.3) is 0 Å². The summed E-state index contributed by atoms with van der Waals surface area (Å²) >= 11 is 0. The molecule has 2 heterocycles. The van der Waals surface area contributed by atoms with Gasteiger partial charge in [-0.1, -0.05) is 23.1 Å². The van der Waals surface area contributed by atoms with Crippen LogP contribution in [0.15, 0.2) is 42.9 Å². The molecule has 2 aromatic heterocycles. The molecule has 1 fully saturated rings. The predicted molar refractivity (Wildman–Crippen MR) is 101 cm³/mol. The highest BCUT2D eigenvalue weighted by atomic mass is 16.5. The zero-order valence-electron chi connectivity index (χ0n) is 15.5. The normalized spacial score (nSPS) is 14.4. The molecular formula is C21H21N5O. The Labute approximate surface area is 158 Å². The SMILES string of the molecule is COC(c1cn(Cc2ncccn2)nn1)c1cc(C#CC2CC2)ccc1C. The van der Waals surface area contributed by atoms with E-state index in [-0.39, 0.29) is 6.10 Å². The second kappa shape index (κ2) is 7.68. The van der Waals surface area contributed by atoms with Gasteiger partial charge in [-0.25, -0.2) is 14.6 Å². The van der Waals surface area contributed by atoms with Crippen LogP contribution in [-0.4, -0.2) is 32.1 Å². The van der Waals surface area contributed by atoms with Crippen molar-refractivity contribution in [2.75, 3.05) is 7.11 Å². The van der Waals surface area contributed by atoms with Crippen molar-refractivity contribution >= 4 is 0 Å². The molecule has 0 N–H and O–H groups in total. The van der Waals surface area contributed by atoms with Gasteiger partial charge < -0.3 is 4.74 Å². The van der Waals surface area contributed by atoms with Crippen LogP contribution in [0.4, 0.5) is 0 Å². The molecule has 0 spiro atoms. The Morgan fingerprint density at radius 2 is 2.07 bits per heavy atom. The quantitative estimate of drug-likeness (QED) is 0.655. The molecule has 1 aliphatic rings. The van der Waals surface area contributed by atoms with E-state index in [0.717, 1.165) is 22.4 Å². The van der Waals surface area contributed by atoms with Gasteiger partial charge in [0.1, 0.15) is 24.2 Å². The van der Waals surface area contributed by atoms with Gasteiger partial charge in [0, 0.05) is 31.0 Å². The van der Waals surface area contributed by atoms with E-state index in [4.69, 9.17) is 4.74 Å². The monoisotopic (exact) mass is 359 g/mol. The maximum Gasteiger partial charge on any atom is 0.149 e. The number of aromatic nitrogens is 5. The van der Waals surface area contributed by atoms with Crippen molar-refractivity contribution in [1.82, 2.24) is 25.0 Å². The smallest absolute Gasteiger partial charge is 0.149 e. The summed E-state index contributed by atoms with van der Waals surface area (Å²) in [4.78, 5) is 8.45. The first-order valence-corrected chi connectivity index (χ1v) is 9.04. The molecule has 0 aliphatic heterocycles. The summed E-state index contributed by atoms with van der Waals surface area (Å²) < 4.78 is 7.49. The van der Waals surface area contributed by atoms with E-state index in [9.17, 15) is 0 Å². The van der Waals surface area contributed by atoms with Crippen molar-refractivity contribution in [2.45, 2.75) is 32.4 Å². The topological polar surface area (TPSA) is 65.7 Å². The van der Waals surface area contributed by atoms with Gasteiger partial charge in [0.05, 0.1) is 6.20 Å². The van der Waals surface area contributed by atoms with E-state index in [0.29, 0.717) is 18.3 Å². The van der Waals surface area contributed by atoms with Crippen molar-refractivity contribution in [3.05, 3.63) is 71.1 Å². The summed E-state index contributed by atoms with van der Waals surface area (Å²) in [7, 11) is 1.69. The summed E-state index contributed by atoms with van der Waals surface area (Å²) in [6, 6.07) is 8.03. The summed E-state index contributed by atoms with van der Waals surface area (Å²) in [6.45, 7) is 2.54. The Morgan fingerprint density at radius 3 is 2.81 bits per heavy atom. The highest BCUT2D eigenvalue weighted by Gasteiger charge is 2.20. The molecule has 136 valence electrons. The third-order valence-corrected chi connectivity index (χ3v) is 4.54.